The first-order valence-electron chi connectivity index (χ1n) is 17.0. The van der Waals surface area contributed by atoms with E-state index in [0.29, 0.717) is 0 Å². The summed E-state index contributed by atoms with van der Waals surface area (Å²) in [7, 11) is 0. The second-order valence-corrected chi connectivity index (χ2v) is 11.6. The molecule has 7 rings (SSSR count). The van der Waals surface area contributed by atoms with E-state index in [4.69, 9.17) is 51.1 Å². The van der Waals surface area contributed by atoms with Crippen molar-refractivity contribution < 1.29 is 85.2 Å². The molecule has 0 saturated carbocycles. The number of phenolic OH excluding ortho intramolecular Hbond substituents is 10. The van der Waals surface area contributed by atoms with E-state index in [-0.39, 0.29) is 91.6 Å². The molecule has 0 bridgehead atoms. The molecule has 2 radical (unpaired) electrons. The summed E-state index contributed by atoms with van der Waals surface area (Å²) in [6.45, 7) is 5.68. The summed E-state index contributed by atoms with van der Waals surface area (Å²) >= 11 is 0. The first kappa shape index (κ1) is 51.4. The van der Waals surface area contributed by atoms with Gasteiger partial charge in [0.25, 0.3) is 0 Å². The molecule has 5 aromatic carbocycles. The predicted molar refractivity (Wildman–Crippen MR) is 215 cm³/mol. The summed E-state index contributed by atoms with van der Waals surface area (Å²) in [5.41, 5.74) is 4.72. The number of hydrogen-bond acceptors (Lipinski definition) is 12. The zero-order valence-electron chi connectivity index (χ0n) is 31.6. The standard InChI is InChI=1S/C10H8N2.C8H10O2.2C7H8O2.2C6H6O2.2Cu/c1-3-7-11-9(5-1)10-6-2-4-8-12-10;1-2-6-3-4-7(9)8(10)5-6;2*1-5-2-3-6(8)7(9)4-5;2*7-5-3-1-2-4-6(5)8;;/h1-8H;3-5,9-10H,2H2,1H3;2*2-4,8-9H,1H3;2*1-4,7-8H;;. The summed E-state index contributed by atoms with van der Waals surface area (Å²) < 4.78 is 0. The quantitative estimate of drug-likeness (QED) is 0.0580. The number of aromatic hydroxyl groups is 10. The third-order valence-electron chi connectivity index (χ3n) is 7.07. The van der Waals surface area contributed by atoms with Crippen LogP contribution in [0.1, 0.15) is 23.6 Å². The Kier molecular flexibility index (Phi) is 24.8. The van der Waals surface area contributed by atoms with Crippen LogP contribution in [0.4, 0.5) is 0 Å². The SMILES string of the molecule is CCc1ccc(O)c(O)c1.Cc1ccc(O)c(O)c1.Cc1ccc(O)c(O)c1.Oc1ccccc1O.Oc1ccccc1O.[Cu].[Cu].c1ccc(-c2ccccn2)nc1. The maximum atomic E-state index is 8.98. The average Bonchev–Trinajstić information content (AvgIpc) is 3.20. The van der Waals surface area contributed by atoms with Crippen molar-refractivity contribution in [3.05, 3.63) is 169 Å². The molecule has 2 aromatic heterocycles. The molecule has 12 nitrogen and oxygen atoms in total. The number of para-hydroxylation sites is 4. The van der Waals surface area contributed by atoms with E-state index >= 15 is 0 Å². The van der Waals surface area contributed by atoms with Gasteiger partial charge in [0.2, 0.25) is 0 Å². The van der Waals surface area contributed by atoms with Gasteiger partial charge in [-0.3, -0.25) is 9.97 Å². The maximum Gasteiger partial charge on any atom is 0.157 e. The topological polar surface area (TPSA) is 228 Å². The summed E-state index contributed by atoms with van der Waals surface area (Å²) in [6.07, 6.45) is 4.40. The van der Waals surface area contributed by atoms with Crippen LogP contribution < -0.4 is 0 Å². The van der Waals surface area contributed by atoms with Gasteiger partial charge in [-0.1, -0.05) is 61.5 Å². The van der Waals surface area contributed by atoms with Crippen LogP contribution in [-0.4, -0.2) is 61.0 Å². The van der Waals surface area contributed by atoms with E-state index in [1.165, 1.54) is 54.6 Å². The van der Waals surface area contributed by atoms with Crippen molar-refractivity contribution in [3.63, 3.8) is 0 Å². The van der Waals surface area contributed by atoms with Crippen molar-refractivity contribution in [3.8, 4) is 68.9 Å². The number of aryl methyl sites for hydroxylation is 3. The number of phenols is 10. The van der Waals surface area contributed by atoms with Gasteiger partial charge < -0.3 is 51.1 Å². The summed E-state index contributed by atoms with van der Waals surface area (Å²) in [5.74, 6) is -0.664. The van der Waals surface area contributed by atoms with Crippen LogP contribution in [0.2, 0.25) is 0 Å². The van der Waals surface area contributed by atoms with Gasteiger partial charge in [-0.2, -0.15) is 0 Å². The van der Waals surface area contributed by atoms with Gasteiger partial charge in [0.1, 0.15) is 0 Å². The number of rotatable bonds is 2. The molecular weight excluding hydrogens is 844 g/mol. The largest absolute Gasteiger partial charge is 0.504 e. The van der Waals surface area contributed by atoms with Crippen molar-refractivity contribution in [1.29, 1.82) is 0 Å². The van der Waals surface area contributed by atoms with Crippen molar-refractivity contribution >= 4 is 0 Å². The Morgan fingerprint density at radius 1 is 0.345 bits per heavy atom. The molecule has 14 heteroatoms. The Labute approximate surface area is 358 Å². The predicted octanol–water partition coefficient (Wildman–Crippen LogP) is 8.81. The van der Waals surface area contributed by atoms with Crippen LogP contribution in [-0.2, 0) is 40.6 Å². The fourth-order valence-corrected chi connectivity index (χ4v) is 4.01. The van der Waals surface area contributed by atoms with Gasteiger partial charge in [0.15, 0.2) is 57.5 Å². The molecule has 314 valence electrons. The average molecular weight is 890 g/mol. The molecular formula is C44H46Cu2N2O10. The first-order chi connectivity index (χ1) is 26.7. The zero-order chi connectivity index (χ0) is 41.5. The van der Waals surface area contributed by atoms with E-state index in [2.05, 4.69) is 9.97 Å². The van der Waals surface area contributed by atoms with Gasteiger partial charge >= 0.3 is 0 Å². The van der Waals surface area contributed by atoms with E-state index < -0.39 is 0 Å². The molecule has 58 heavy (non-hydrogen) atoms. The number of pyridine rings is 2. The third-order valence-corrected chi connectivity index (χ3v) is 7.07. The Morgan fingerprint density at radius 3 is 0.879 bits per heavy atom. The summed E-state index contributed by atoms with van der Waals surface area (Å²) in [5, 5.41) is 87.8. The maximum absolute atomic E-state index is 8.98. The van der Waals surface area contributed by atoms with Crippen LogP contribution in [0.5, 0.6) is 57.5 Å². The van der Waals surface area contributed by atoms with Crippen molar-refractivity contribution in [1.82, 2.24) is 9.97 Å². The zero-order valence-corrected chi connectivity index (χ0v) is 33.5. The fraction of sp³-hybridized carbons (Fsp3) is 0.0909. The Bertz CT molecular complexity index is 2020. The molecule has 0 aliphatic rings. The normalized spacial score (nSPS) is 9.09. The van der Waals surface area contributed by atoms with E-state index in [1.807, 2.05) is 57.2 Å². The van der Waals surface area contributed by atoms with Crippen LogP contribution in [0, 0.1) is 13.8 Å². The minimum Gasteiger partial charge on any atom is -0.504 e. The van der Waals surface area contributed by atoms with Crippen LogP contribution >= 0.6 is 0 Å². The number of aromatic nitrogens is 2. The number of hydrogen-bond donors (Lipinski definition) is 10. The third kappa shape index (κ3) is 19.9. The van der Waals surface area contributed by atoms with E-state index in [1.54, 1.807) is 60.9 Å². The number of benzene rings is 5. The molecule has 0 fully saturated rings. The minimum atomic E-state index is -0.0764. The molecule has 0 amide bonds. The van der Waals surface area contributed by atoms with Crippen LogP contribution in [0.15, 0.2) is 152 Å². The van der Waals surface area contributed by atoms with Crippen molar-refractivity contribution in [2.45, 2.75) is 27.2 Å². The van der Waals surface area contributed by atoms with Gasteiger partial charge in [-0.15, -0.1) is 0 Å². The molecule has 0 saturated heterocycles. The first-order valence-corrected chi connectivity index (χ1v) is 17.0. The Morgan fingerprint density at radius 2 is 0.638 bits per heavy atom. The molecule has 7 aromatic rings. The molecule has 0 unspecified atom stereocenters. The van der Waals surface area contributed by atoms with Crippen LogP contribution in [0.3, 0.4) is 0 Å². The minimum absolute atomic E-state index is 0. The Hall–Kier alpha value is -6.56. The second-order valence-electron chi connectivity index (χ2n) is 11.6. The monoisotopic (exact) mass is 888 g/mol. The van der Waals surface area contributed by atoms with Gasteiger partial charge in [0.05, 0.1) is 11.4 Å². The number of nitrogens with zero attached hydrogens (tertiary/aromatic N) is 2. The summed E-state index contributed by atoms with van der Waals surface area (Å²) in [6, 6.07) is 38.1. The van der Waals surface area contributed by atoms with Gasteiger partial charge in [-0.05, 0) is 122 Å². The molecule has 0 spiro atoms. The fourth-order valence-electron chi connectivity index (χ4n) is 4.01. The molecule has 0 atom stereocenters. The van der Waals surface area contributed by atoms with Crippen LogP contribution in [0.25, 0.3) is 11.4 Å². The Balaban J connectivity index is 0.000000672. The van der Waals surface area contributed by atoms with E-state index in [0.717, 1.165) is 34.5 Å². The smallest absolute Gasteiger partial charge is 0.157 e. The van der Waals surface area contributed by atoms with Crippen molar-refractivity contribution in [2.24, 2.45) is 0 Å². The van der Waals surface area contributed by atoms with Gasteiger partial charge in [0, 0.05) is 46.5 Å². The van der Waals surface area contributed by atoms with Gasteiger partial charge in [-0.25, -0.2) is 0 Å². The molecule has 10 N–H and O–H groups in total. The summed E-state index contributed by atoms with van der Waals surface area (Å²) in [4.78, 5) is 8.37. The van der Waals surface area contributed by atoms with E-state index in [9.17, 15) is 0 Å². The van der Waals surface area contributed by atoms with Crippen molar-refractivity contribution in [2.75, 3.05) is 0 Å². The molecule has 2 heterocycles. The molecule has 0 aliphatic carbocycles. The molecule has 0 aliphatic heterocycles. The second kappa shape index (κ2) is 27.9.